The van der Waals surface area contributed by atoms with Crippen molar-refractivity contribution in [2.24, 2.45) is 0 Å². The minimum absolute atomic E-state index is 0.137. The molecule has 0 saturated carbocycles. The quantitative estimate of drug-likeness (QED) is 0.874. The maximum absolute atomic E-state index is 10.7. The highest BCUT2D eigenvalue weighted by molar-refractivity contribution is 6.33. The van der Waals surface area contributed by atoms with Crippen LogP contribution in [0, 0.1) is 13.8 Å². The molecule has 2 rings (SSSR count). The summed E-state index contributed by atoms with van der Waals surface area (Å²) < 4.78 is 4.92. The van der Waals surface area contributed by atoms with Crippen molar-refractivity contribution in [1.29, 1.82) is 0 Å². The fraction of sp³-hybridized carbons (Fsp3) is 0.167. The van der Waals surface area contributed by atoms with E-state index in [1.165, 1.54) is 6.07 Å². The zero-order valence-electron chi connectivity index (χ0n) is 9.69. The summed E-state index contributed by atoms with van der Waals surface area (Å²) >= 11 is 5.95. The number of hydrogen-bond acceptors (Lipinski definition) is 4. The normalized spacial score (nSPS) is 10.6. The van der Waals surface area contributed by atoms with Crippen molar-refractivity contribution in [3.8, 4) is 17.1 Å². The first-order chi connectivity index (χ1) is 8.41. The van der Waals surface area contributed by atoms with Gasteiger partial charge in [0.15, 0.2) is 11.5 Å². The molecule has 0 aliphatic heterocycles. The maximum Gasteiger partial charge on any atom is 0.358 e. The predicted molar refractivity (Wildman–Crippen MR) is 65.0 cm³/mol. The molecule has 0 unspecified atom stereocenters. The lowest BCUT2D eigenvalue weighted by atomic mass is 10.0. The molecule has 0 aliphatic rings. The van der Waals surface area contributed by atoms with Gasteiger partial charge in [0.05, 0.1) is 10.6 Å². The molecule has 0 spiro atoms. The number of nitrogens with zero attached hydrogens (tertiary/aromatic N) is 1. The molecule has 1 heterocycles. The number of aromatic carboxylic acids is 1. The van der Waals surface area contributed by atoms with E-state index in [9.17, 15) is 9.90 Å². The Balaban J connectivity index is 2.63. The molecule has 0 saturated heterocycles. The monoisotopic (exact) mass is 267 g/mol. The van der Waals surface area contributed by atoms with Crippen LogP contribution in [0.4, 0.5) is 0 Å². The molecule has 0 bridgehead atoms. The van der Waals surface area contributed by atoms with Crippen LogP contribution in [0.3, 0.4) is 0 Å². The van der Waals surface area contributed by atoms with Gasteiger partial charge in [0.25, 0.3) is 0 Å². The van der Waals surface area contributed by atoms with Crippen molar-refractivity contribution >= 4 is 17.6 Å². The van der Waals surface area contributed by atoms with Crippen LogP contribution < -0.4 is 0 Å². The number of hydrogen-bond donors (Lipinski definition) is 2. The Kier molecular flexibility index (Phi) is 3.00. The third-order valence-electron chi connectivity index (χ3n) is 2.59. The second-order valence-electron chi connectivity index (χ2n) is 3.93. The average Bonchev–Trinajstić information content (AvgIpc) is 2.75. The molecule has 0 aliphatic carbocycles. The number of benzene rings is 1. The summed E-state index contributed by atoms with van der Waals surface area (Å²) in [5.41, 5.74) is 1.59. The summed E-state index contributed by atoms with van der Waals surface area (Å²) in [6.07, 6.45) is 0. The van der Waals surface area contributed by atoms with Crippen LogP contribution in [-0.2, 0) is 0 Å². The Morgan fingerprint density at radius 2 is 2.00 bits per heavy atom. The molecule has 1 aromatic heterocycles. The first-order valence-corrected chi connectivity index (χ1v) is 5.48. The summed E-state index contributed by atoms with van der Waals surface area (Å²) in [6.45, 7) is 3.53. The number of carboxylic acid groups (broad SMARTS) is 1. The Labute approximate surface area is 108 Å². The van der Waals surface area contributed by atoms with Crippen LogP contribution in [0.5, 0.6) is 5.75 Å². The first-order valence-electron chi connectivity index (χ1n) is 5.11. The Morgan fingerprint density at radius 3 is 2.56 bits per heavy atom. The molecular formula is C12H10ClNO4. The van der Waals surface area contributed by atoms with Crippen molar-refractivity contribution in [3.63, 3.8) is 0 Å². The molecule has 0 amide bonds. The third kappa shape index (κ3) is 1.93. The van der Waals surface area contributed by atoms with Gasteiger partial charge in [0.2, 0.25) is 0 Å². The van der Waals surface area contributed by atoms with Crippen LogP contribution in [0.2, 0.25) is 5.02 Å². The van der Waals surface area contributed by atoms with E-state index in [2.05, 4.69) is 5.16 Å². The summed E-state index contributed by atoms with van der Waals surface area (Å²) in [5.74, 6) is -1.16. The summed E-state index contributed by atoms with van der Waals surface area (Å²) in [4.78, 5) is 10.7. The van der Waals surface area contributed by atoms with Crippen LogP contribution in [-0.4, -0.2) is 21.3 Å². The first kappa shape index (κ1) is 12.4. The van der Waals surface area contributed by atoms with E-state index in [1.807, 2.05) is 0 Å². The lowest BCUT2D eigenvalue weighted by molar-refractivity contribution is 0.0686. The van der Waals surface area contributed by atoms with Gasteiger partial charge in [-0.2, -0.15) is 0 Å². The number of phenols is 1. The van der Waals surface area contributed by atoms with E-state index in [-0.39, 0.29) is 22.2 Å². The number of aromatic nitrogens is 1. The molecule has 2 N–H and O–H groups in total. The lowest BCUT2D eigenvalue weighted by Crippen LogP contribution is -1.94. The van der Waals surface area contributed by atoms with Crippen LogP contribution in [0.15, 0.2) is 16.7 Å². The molecule has 2 aromatic rings. The Hall–Kier alpha value is -2.01. The van der Waals surface area contributed by atoms with Crippen molar-refractivity contribution in [3.05, 3.63) is 34.0 Å². The minimum atomic E-state index is -1.19. The fourth-order valence-corrected chi connectivity index (χ4v) is 1.90. The van der Waals surface area contributed by atoms with Gasteiger partial charge in [0.1, 0.15) is 5.75 Å². The summed E-state index contributed by atoms with van der Waals surface area (Å²) in [6, 6.07) is 3.02. The highest BCUT2D eigenvalue weighted by atomic mass is 35.5. The van der Waals surface area contributed by atoms with Gasteiger partial charge in [-0.3, -0.25) is 0 Å². The van der Waals surface area contributed by atoms with E-state index < -0.39 is 5.97 Å². The maximum atomic E-state index is 10.7. The molecule has 0 fully saturated rings. The molecule has 0 radical (unpaired) electrons. The van der Waals surface area contributed by atoms with Gasteiger partial charge >= 0.3 is 5.97 Å². The number of rotatable bonds is 2. The molecule has 6 heteroatoms. The van der Waals surface area contributed by atoms with E-state index in [0.717, 1.165) is 11.1 Å². The van der Waals surface area contributed by atoms with Crippen LogP contribution in [0.25, 0.3) is 11.3 Å². The van der Waals surface area contributed by atoms with Gasteiger partial charge < -0.3 is 14.7 Å². The van der Waals surface area contributed by atoms with Crippen LogP contribution >= 0.6 is 11.6 Å². The van der Waals surface area contributed by atoms with Crippen molar-refractivity contribution in [1.82, 2.24) is 5.16 Å². The predicted octanol–water partition coefficient (Wildman–Crippen LogP) is 3.02. The number of carboxylic acids is 1. The third-order valence-corrected chi connectivity index (χ3v) is 3.07. The van der Waals surface area contributed by atoms with Gasteiger partial charge in [-0.15, -0.1) is 0 Å². The second-order valence-corrected chi connectivity index (χ2v) is 4.31. The molecule has 1 aromatic carbocycles. The zero-order valence-corrected chi connectivity index (χ0v) is 10.4. The number of aromatic hydroxyl groups is 1. The van der Waals surface area contributed by atoms with E-state index >= 15 is 0 Å². The largest absolute Gasteiger partial charge is 0.506 e. The molecular weight excluding hydrogens is 258 g/mol. The van der Waals surface area contributed by atoms with Gasteiger partial charge in [-0.1, -0.05) is 22.8 Å². The fourth-order valence-electron chi connectivity index (χ4n) is 1.75. The standard InChI is InChI=1S/C12H10ClNO4/c1-5-3-6(2)10(13)11(15)9(5)8-4-7(12(16)17)14-18-8/h3-4,15H,1-2H3,(H,16,17). The second kappa shape index (κ2) is 4.34. The highest BCUT2D eigenvalue weighted by Crippen LogP contribution is 2.40. The average molecular weight is 268 g/mol. The molecule has 18 heavy (non-hydrogen) atoms. The van der Waals surface area contributed by atoms with Gasteiger partial charge in [-0.25, -0.2) is 4.79 Å². The smallest absolute Gasteiger partial charge is 0.358 e. The minimum Gasteiger partial charge on any atom is -0.506 e. The molecule has 0 atom stereocenters. The Morgan fingerprint density at radius 1 is 1.33 bits per heavy atom. The van der Waals surface area contributed by atoms with Gasteiger partial charge in [-0.05, 0) is 25.0 Å². The summed E-state index contributed by atoms with van der Waals surface area (Å²) in [5, 5.41) is 22.4. The zero-order chi connectivity index (χ0) is 13.4. The lowest BCUT2D eigenvalue weighted by Gasteiger charge is -2.09. The van der Waals surface area contributed by atoms with Crippen molar-refractivity contribution in [2.75, 3.05) is 0 Å². The molecule has 5 nitrogen and oxygen atoms in total. The highest BCUT2D eigenvalue weighted by Gasteiger charge is 2.19. The number of carbonyl (C=O) groups is 1. The topological polar surface area (TPSA) is 83.6 Å². The van der Waals surface area contributed by atoms with E-state index in [4.69, 9.17) is 21.2 Å². The number of halogens is 1. The number of aryl methyl sites for hydroxylation is 2. The van der Waals surface area contributed by atoms with E-state index in [1.54, 1.807) is 19.9 Å². The van der Waals surface area contributed by atoms with Crippen LogP contribution in [0.1, 0.15) is 21.6 Å². The molecule has 94 valence electrons. The van der Waals surface area contributed by atoms with Gasteiger partial charge in [0, 0.05) is 6.07 Å². The Bertz CT molecular complexity index is 633. The SMILES string of the molecule is Cc1cc(C)c(-c2cc(C(=O)O)no2)c(O)c1Cl. The van der Waals surface area contributed by atoms with E-state index in [0.29, 0.717) is 5.56 Å². The number of phenolic OH excluding ortho intramolecular Hbond substituents is 1. The van der Waals surface area contributed by atoms with Crippen molar-refractivity contribution in [2.45, 2.75) is 13.8 Å². The summed E-state index contributed by atoms with van der Waals surface area (Å²) in [7, 11) is 0. The van der Waals surface area contributed by atoms with Crippen molar-refractivity contribution < 1.29 is 19.5 Å².